The van der Waals surface area contributed by atoms with Crippen molar-refractivity contribution in [2.75, 3.05) is 5.75 Å². The minimum atomic E-state index is -0.424. The van der Waals surface area contributed by atoms with Gasteiger partial charge in [-0.2, -0.15) is 0 Å². The molecule has 2 aliphatic heterocycles. The molecule has 2 aliphatic rings. The Morgan fingerprint density at radius 2 is 1.91 bits per heavy atom. The highest BCUT2D eigenvalue weighted by Crippen LogP contribution is 2.27. The number of carbonyl (C=O) groups excluding carboxylic acids is 1. The van der Waals surface area contributed by atoms with Gasteiger partial charge in [0.05, 0.1) is 10.7 Å². The van der Waals surface area contributed by atoms with Crippen LogP contribution in [-0.4, -0.2) is 34.7 Å². The number of piperidine rings is 1. The molecule has 3 rings (SSSR count). The molecule has 2 bridgehead atoms. The van der Waals surface area contributed by atoms with Crippen molar-refractivity contribution < 1.29 is 9.72 Å². The number of non-ortho nitro benzene ring substituents is 1. The first-order valence-corrected chi connectivity index (χ1v) is 8.51. The molecule has 22 heavy (non-hydrogen) atoms. The zero-order valence-electron chi connectivity index (χ0n) is 12.2. The fourth-order valence-electron chi connectivity index (χ4n) is 3.26. The van der Waals surface area contributed by atoms with E-state index in [-0.39, 0.29) is 17.6 Å². The number of rotatable bonds is 5. The van der Waals surface area contributed by atoms with Crippen molar-refractivity contribution in [3.05, 3.63) is 34.4 Å². The molecular formula is C15H19N3O3S. The smallest absolute Gasteiger partial charge is 0.269 e. The Labute approximate surface area is 133 Å². The second kappa shape index (κ2) is 6.66. The molecule has 0 saturated carbocycles. The molecule has 0 radical (unpaired) electrons. The third kappa shape index (κ3) is 3.78. The summed E-state index contributed by atoms with van der Waals surface area (Å²) in [6.07, 6.45) is 4.47. The molecule has 2 saturated heterocycles. The van der Waals surface area contributed by atoms with Gasteiger partial charge in [0.15, 0.2) is 0 Å². The lowest BCUT2D eigenvalue weighted by Crippen LogP contribution is -2.48. The summed E-state index contributed by atoms with van der Waals surface area (Å²) in [4.78, 5) is 23.1. The summed E-state index contributed by atoms with van der Waals surface area (Å²) in [5, 5.41) is 17.3. The first-order chi connectivity index (χ1) is 10.6. The second-order valence-corrected chi connectivity index (χ2v) is 6.96. The van der Waals surface area contributed by atoms with E-state index in [2.05, 4.69) is 10.6 Å². The fourth-order valence-corrected chi connectivity index (χ4v) is 3.97. The number of benzene rings is 1. The van der Waals surface area contributed by atoms with Crippen molar-refractivity contribution >= 4 is 23.4 Å². The predicted molar refractivity (Wildman–Crippen MR) is 84.9 cm³/mol. The molecule has 1 aromatic rings. The van der Waals surface area contributed by atoms with Crippen LogP contribution in [0.5, 0.6) is 0 Å². The quantitative estimate of drug-likeness (QED) is 0.493. The molecule has 0 aromatic heterocycles. The molecule has 1 amide bonds. The van der Waals surface area contributed by atoms with E-state index in [1.54, 1.807) is 12.1 Å². The van der Waals surface area contributed by atoms with Crippen LogP contribution in [0.15, 0.2) is 29.2 Å². The number of nitro groups is 1. The van der Waals surface area contributed by atoms with Gasteiger partial charge in [-0.05, 0) is 37.8 Å². The number of nitrogens with zero attached hydrogens (tertiary/aromatic N) is 1. The van der Waals surface area contributed by atoms with Crippen LogP contribution >= 0.6 is 11.8 Å². The zero-order chi connectivity index (χ0) is 15.5. The van der Waals surface area contributed by atoms with Crippen LogP contribution in [0.1, 0.15) is 25.7 Å². The van der Waals surface area contributed by atoms with Crippen molar-refractivity contribution in [2.45, 2.75) is 48.7 Å². The van der Waals surface area contributed by atoms with Crippen LogP contribution in [-0.2, 0) is 4.79 Å². The summed E-state index contributed by atoms with van der Waals surface area (Å²) in [6.45, 7) is 0. The molecule has 0 spiro atoms. The van der Waals surface area contributed by atoms with E-state index in [0.29, 0.717) is 17.8 Å². The highest BCUT2D eigenvalue weighted by Gasteiger charge is 2.33. The number of nitro benzene ring substituents is 1. The third-order valence-electron chi connectivity index (χ3n) is 4.26. The van der Waals surface area contributed by atoms with Crippen molar-refractivity contribution in [1.82, 2.24) is 10.6 Å². The number of fused-ring (bicyclic) bond motifs is 2. The molecule has 1 aromatic carbocycles. The molecular weight excluding hydrogens is 302 g/mol. The summed E-state index contributed by atoms with van der Waals surface area (Å²) in [5.41, 5.74) is 0.0685. The molecule has 2 heterocycles. The maximum atomic E-state index is 12.0. The van der Waals surface area contributed by atoms with Gasteiger partial charge in [0.1, 0.15) is 0 Å². The Bertz CT molecular complexity index is 552. The van der Waals surface area contributed by atoms with E-state index in [4.69, 9.17) is 0 Å². The van der Waals surface area contributed by atoms with Crippen molar-refractivity contribution in [3.63, 3.8) is 0 Å². The summed E-state index contributed by atoms with van der Waals surface area (Å²) in [6, 6.07) is 7.69. The maximum absolute atomic E-state index is 12.0. The van der Waals surface area contributed by atoms with Gasteiger partial charge in [-0.3, -0.25) is 14.9 Å². The lowest BCUT2D eigenvalue weighted by molar-refractivity contribution is -0.384. The Hall–Kier alpha value is -1.60. The monoisotopic (exact) mass is 321 g/mol. The van der Waals surface area contributed by atoms with Gasteiger partial charge in [0.25, 0.3) is 5.69 Å². The molecule has 0 aliphatic carbocycles. The molecule has 2 N–H and O–H groups in total. The van der Waals surface area contributed by atoms with Crippen molar-refractivity contribution in [1.29, 1.82) is 0 Å². The van der Waals surface area contributed by atoms with E-state index in [9.17, 15) is 14.9 Å². The van der Waals surface area contributed by atoms with E-state index in [0.717, 1.165) is 17.7 Å². The van der Waals surface area contributed by atoms with Gasteiger partial charge in [-0.25, -0.2) is 0 Å². The van der Waals surface area contributed by atoms with Crippen LogP contribution in [0, 0.1) is 10.1 Å². The van der Waals surface area contributed by atoms with E-state index >= 15 is 0 Å². The molecule has 6 nitrogen and oxygen atoms in total. The Kier molecular flexibility index (Phi) is 4.63. The van der Waals surface area contributed by atoms with Crippen LogP contribution in [0.2, 0.25) is 0 Å². The Morgan fingerprint density at radius 1 is 1.27 bits per heavy atom. The van der Waals surface area contributed by atoms with Crippen molar-refractivity contribution in [3.8, 4) is 0 Å². The fraction of sp³-hybridized carbons (Fsp3) is 0.533. The number of nitrogens with one attached hydrogen (secondary N) is 2. The average Bonchev–Trinajstić information content (AvgIpc) is 2.84. The van der Waals surface area contributed by atoms with E-state index < -0.39 is 4.92 Å². The van der Waals surface area contributed by atoms with Crippen LogP contribution < -0.4 is 10.6 Å². The highest BCUT2D eigenvalue weighted by molar-refractivity contribution is 8.00. The lowest BCUT2D eigenvalue weighted by Gasteiger charge is -2.29. The second-order valence-electron chi connectivity index (χ2n) is 5.91. The van der Waals surface area contributed by atoms with Gasteiger partial charge >= 0.3 is 0 Å². The molecule has 2 fully saturated rings. The number of hydrogen-bond acceptors (Lipinski definition) is 5. The van der Waals surface area contributed by atoms with Crippen molar-refractivity contribution in [2.24, 2.45) is 0 Å². The Balaban J connectivity index is 1.45. The number of thioether (sulfide) groups is 1. The number of amides is 1. The van der Waals surface area contributed by atoms with Gasteiger partial charge < -0.3 is 10.6 Å². The minimum Gasteiger partial charge on any atom is -0.353 e. The summed E-state index contributed by atoms with van der Waals surface area (Å²) < 4.78 is 0. The largest absolute Gasteiger partial charge is 0.353 e. The van der Waals surface area contributed by atoms with Gasteiger partial charge in [-0.1, -0.05) is 0 Å². The van der Waals surface area contributed by atoms with Crippen LogP contribution in [0.25, 0.3) is 0 Å². The van der Waals surface area contributed by atoms with Gasteiger partial charge in [0.2, 0.25) is 5.91 Å². The summed E-state index contributed by atoms with van der Waals surface area (Å²) in [7, 11) is 0. The molecule has 7 heteroatoms. The standard InChI is InChI=1S/C15H19N3O3S/c19-15(17-12-7-10-1-2-11(8-12)16-10)9-22-14-5-3-13(4-6-14)18(20)21/h3-6,10-12,16H,1-2,7-9H2,(H,17,19). The summed E-state index contributed by atoms with van der Waals surface area (Å²) >= 11 is 1.40. The normalized spacial score (nSPS) is 26.6. The third-order valence-corrected chi connectivity index (χ3v) is 5.27. The lowest BCUT2D eigenvalue weighted by atomic mass is 10.00. The average molecular weight is 321 g/mol. The molecule has 2 unspecified atom stereocenters. The van der Waals surface area contributed by atoms with E-state index in [1.807, 2.05) is 0 Å². The first kappa shape index (κ1) is 15.3. The zero-order valence-corrected chi connectivity index (χ0v) is 13.0. The highest BCUT2D eigenvalue weighted by atomic mass is 32.2. The SMILES string of the molecule is O=C(CSc1ccc([N+](=O)[O-])cc1)NC1CC2CCC(C1)N2. The van der Waals surface area contributed by atoms with Crippen LogP contribution in [0.4, 0.5) is 5.69 Å². The number of hydrogen-bond donors (Lipinski definition) is 2. The Morgan fingerprint density at radius 3 is 2.50 bits per heavy atom. The minimum absolute atomic E-state index is 0.0367. The van der Waals surface area contributed by atoms with Gasteiger partial charge in [-0.15, -0.1) is 11.8 Å². The van der Waals surface area contributed by atoms with Gasteiger partial charge in [0, 0.05) is 35.2 Å². The van der Waals surface area contributed by atoms with Crippen LogP contribution in [0.3, 0.4) is 0 Å². The topological polar surface area (TPSA) is 84.3 Å². The molecule has 118 valence electrons. The summed E-state index contributed by atoms with van der Waals surface area (Å²) in [5.74, 6) is 0.381. The molecule has 2 atom stereocenters. The predicted octanol–water partition coefficient (Wildman–Crippen LogP) is 2.09. The maximum Gasteiger partial charge on any atom is 0.269 e. The van der Waals surface area contributed by atoms with E-state index in [1.165, 1.54) is 36.7 Å². The first-order valence-electron chi connectivity index (χ1n) is 7.53. The number of carbonyl (C=O) groups is 1.